The summed E-state index contributed by atoms with van der Waals surface area (Å²) in [6.07, 6.45) is 3.44. The monoisotopic (exact) mass is 245 g/mol. The van der Waals surface area contributed by atoms with Crippen molar-refractivity contribution < 1.29 is 5.11 Å². The van der Waals surface area contributed by atoms with Crippen molar-refractivity contribution in [2.24, 2.45) is 4.99 Å². The van der Waals surface area contributed by atoms with Crippen molar-refractivity contribution in [2.45, 2.75) is 19.8 Å². The van der Waals surface area contributed by atoms with Crippen LogP contribution in [0.3, 0.4) is 0 Å². The van der Waals surface area contributed by atoms with Crippen molar-refractivity contribution in [3.8, 4) is 0 Å². The van der Waals surface area contributed by atoms with Crippen LogP contribution in [0.2, 0.25) is 0 Å². The Kier molecular flexibility index (Phi) is 2.33. The average Bonchev–Trinajstić information content (AvgIpc) is 2.83. The van der Waals surface area contributed by atoms with Crippen LogP contribution < -0.4 is 0 Å². The molecule has 0 bridgehead atoms. The third kappa shape index (κ3) is 1.69. The van der Waals surface area contributed by atoms with E-state index in [1.165, 1.54) is 5.56 Å². The molecule has 0 amide bonds. The molecule has 0 saturated carbocycles. The lowest BCUT2D eigenvalue weighted by Gasteiger charge is -2.07. The van der Waals surface area contributed by atoms with Gasteiger partial charge in [0.05, 0.1) is 0 Å². The summed E-state index contributed by atoms with van der Waals surface area (Å²) in [6.45, 7) is 1.97. The summed E-state index contributed by atoms with van der Waals surface area (Å²) in [5.41, 5.74) is 5.22. The van der Waals surface area contributed by atoms with Crippen molar-refractivity contribution in [3.05, 3.63) is 46.1 Å². The molecular formula is C14H12ClNO. The molecule has 86 valence electrons. The van der Waals surface area contributed by atoms with Gasteiger partial charge in [-0.2, -0.15) is 0 Å². The molecule has 17 heavy (non-hydrogen) atoms. The molecule has 2 aliphatic rings. The van der Waals surface area contributed by atoms with Gasteiger partial charge in [0.15, 0.2) is 0 Å². The fraction of sp³-hybridized carbons (Fsp3) is 0.214. The number of aliphatic hydroxyl groups excluding tert-OH is 1. The van der Waals surface area contributed by atoms with E-state index in [0.717, 1.165) is 35.3 Å². The quantitative estimate of drug-likeness (QED) is 0.748. The van der Waals surface area contributed by atoms with E-state index in [4.69, 9.17) is 11.6 Å². The van der Waals surface area contributed by atoms with Gasteiger partial charge in [-0.25, -0.2) is 4.99 Å². The summed E-state index contributed by atoms with van der Waals surface area (Å²) in [6, 6.07) is 6.10. The Morgan fingerprint density at radius 1 is 1.35 bits per heavy atom. The van der Waals surface area contributed by atoms with E-state index in [1.54, 1.807) is 0 Å². The van der Waals surface area contributed by atoms with Crippen LogP contribution in [-0.4, -0.2) is 10.8 Å². The lowest BCUT2D eigenvalue weighted by molar-refractivity contribution is 0.513. The zero-order valence-corrected chi connectivity index (χ0v) is 10.3. The van der Waals surface area contributed by atoms with Crippen molar-refractivity contribution >= 4 is 28.6 Å². The number of aliphatic imine (C=N–C) groups is 1. The Morgan fingerprint density at radius 2 is 2.18 bits per heavy atom. The topological polar surface area (TPSA) is 32.6 Å². The van der Waals surface area contributed by atoms with Crippen LogP contribution in [0.1, 0.15) is 30.0 Å². The number of hydrogen-bond donors (Lipinski definition) is 1. The molecule has 1 N–H and O–H groups in total. The molecule has 0 radical (unpaired) electrons. The van der Waals surface area contributed by atoms with E-state index >= 15 is 0 Å². The number of halogens is 1. The summed E-state index contributed by atoms with van der Waals surface area (Å²) in [7, 11) is 0. The molecule has 1 aliphatic carbocycles. The molecule has 3 rings (SSSR count). The van der Waals surface area contributed by atoms with Gasteiger partial charge >= 0.3 is 0 Å². The third-order valence-corrected chi connectivity index (χ3v) is 3.53. The van der Waals surface area contributed by atoms with Crippen molar-refractivity contribution in [3.63, 3.8) is 0 Å². The molecule has 1 heterocycles. The highest BCUT2D eigenvalue weighted by Crippen LogP contribution is 2.34. The summed E-state index contributed by atoms with van der Waals surface area (Å²) < 4.78 is 0. The fourth-order valence-corrected chi connectivity index (χ4v) is 2.64. The maximum atomic E-state index is 9.75. The van der Waals surface area contributed by atoms with E-state index in [0.29, 0.717) is 10.9 Å². The van der Waals surface area contributed by atoms with E-state index in [2.05, 4.69) is 17.1 Å². The Labute approximate surface area is 105 Å². The highest BCUT2D eigenvalue weighted by molar-refractivity contribution is 6.34. The number of fused-ring (bicyclic) bond motifs is 1. The predicted molar refractivity (Wildman–Crippen MR) is 71.3 cm³/mol. The first-order chi connectivity index (χ1) is 8.15. The Morgan fingerprint density at radius 3 is 2.88 bits per heavy atom. The number of hydrogen-bond acceptors (Lipinski definition) is 2. The first-order valence-corrected chi connectivity index (χ1v) is 5.98. The smallest absolute Gasteiger partial charge is 0.133 e. The minimum atomic E-state index is 0.370. The SMILES string of the molecule is CC1=NC(Cl)=C(c2ccc3c(c2)C(O)=CC3)C1. The minimum absolute atomic E-state index is 0.370. The van der Waals surface area contributed by atoms with Gasteiger partial charge in [-0.1, -0.05) is 23.7 Å². The van der Waals surface area contributed by atoms with Crippen LogP contribution >= 0.6 is 11.6 Å². The summed E-state index contributed by atoms with van der Waals surface area (Å²) in [4.78, 5) is 4.24. The minimum Gasteiger partial charge on any atom is -0.508 e. The van der Waals surface area contributed by atoms with E-state index < -0.39 is 0 Å². The normalized spacial score (nSPS) is 18.2. The standard InChI is InChI=1S/C14H12ClNO/c1-8-6-12(14(15)16-8)10-3-2-9-4-5-13(17)11(9)7-10/h2-3,5,7,17H,4,6H2,1H3. The van der Waals surface area contributed by atoms with Crippen molar-refractivity contribution in [2.75, 3.05) is 0 Å². The average molecular weight is 246 g/mol. The lowest BCUT2D eigenvalue weighted by atomic mass is 9.98. The second-order valence-corrected chi connectivity index (χ2v) is 4.82. The van der Waals surface area contributed by atoms with E-state index in [9.17, 15) is 5.11 Å². The van der Waals surface area contributed by atoms with Crippen LogP contribution in [0.4, 0.5) is 0 Å². The number of allylic oxidation sites excluding steroid dienone is 2. The van der Waals surface area contributed by atoms with E-state index in [-0.39, 0.29) is 0 Å². The van der Waals surface area contributed by atoms with E-state index in [1.807, 2.05) is 19.1 Å². The molecule has 0 saturated heterocycles. The summed E-state index contributed by atoms with van der Waals surface area (Å²) in [5.74, 6) is 0.370. The number of rotatable bonds is 1. The number of aliphatic hydroxyl groups is 1. The van der Waals surface area contributed by atoms with Crippen molar-refractivity contribution in [1.82, 2.24) is 0 Å². The maximum absolute atomic E-state index is 9.75. The number of nitrogens with zero attached hydrogens (tertiary/aromatic N) is 1. The van der Waals surface area contributed by atoms with Gasteiger partial charge in [0.1, 0.15) is 10.9 Å². The molecule has 1 aromatic carbocycles. The van der Waals surface area contributed by atoms with Gasteiger partial charge in [-0.05, 0) is 36.6 Å². The zero-order chi connectivity index (χ0) is 12.0. The first-order valence-electron chi connectivity index (χ1n) is 5.61. The van der Waals surface area contributed by atoms with Gasteiger partial charge in [-0.3, -0.25) is 0 Å². The van der Waals surface area contributed by atoms with Crippen LogP contribution in [0.15, 0.2) is 34.4 Å². The highest BCUT2D eigenvalue weighted by atomic mass is 35.5. The van der Waals surface area contributed by atoms with Gasteiger partial charge < -0.3 is 5.11 Å². The maximum Gasteiger partial charge on any atom is 0.133 e. The first kappa shape index (κ1) is 10.6. The second kappa shape index (κ2) is 3.74. The van der Waals surface area contributed by atoms with Crippen LogP contribution in [0, 0.1) is 0 Å². The molecule has 0 atom stereocenters. The third-order valence-electron chi connectivity index (χ3n) is 3.22. The molecular weight excluding hydrogens is 234 g/mol. The highest BCUT2D eigenvalue weighted by Gasteiger charge is 2.19. The largest absolute Gasteiger partial charge is 0.508 e. The Hall–Kier alpha value is -1.54. The summed E-state index contributed by atoms with van der Waals surface area (Å²) >= 11 is 6.11. The molecule has 0 unspecified atom stereocenters. The molecule has 1 aromatic rings. The molecule has 0 aromatic heterocycles. The fourth-order valence-electron chi connectivity index (χ4n) is 2.32. The van der Waals surface area contributed by atoms with Gasteiger partial charge in [0.2, 0.25) is 0 Å². The van der Waals surface area contributed by atoms with Gasteiger partial charge in [-0.15, -0.1) is 0 Å². The zero-order valence-electron chi connectivity index (χ0n) is 9.50. The number of benzene rings is 1. The predicted octanol–water partition coefficient (Wildman–Crippen LogP) is 3.91. The molecule has 3 heteroatoms. The van der Waals surface area contributed by atoms with Crippen LogP contribution in [0.25, 0.3) is 11.3 Å². The molecule has 0 fully saturated rings. The van der Waals surface area contributed by atoms with Crippen LogP contribution in [0.5, 0.6) is 0 Å². The molecule has 2 nitrogen and oxygen atoms in total. The van der Waals surface area contributed by atoms with Crippen molar-refractivity contribution in [1.29, 1.82) is 0 Å². The Bertz CT molecular complexity index is 596. The molecule has 1 aliphatic heterocycles. The second-order valence-electron chi connectivity index (χ2n) is 4.46. The molecule has 0 spiro atoms. The van der Waals surface area contributed by atoms with Gasteiger partial charge in [0.25, 0.3) is 0 Å². The van der Waals surface area contributed by atoms with Gasteiger partial charge in [0, 0.05) is 23.3 Å². The van der Waals surface area contributed by atoms with Crippen LogP contribution in [-0.2, 0) is 6.42 Å². The lowest BCUT2D eigenvalue weighted by Crippen LogP contribution is -1.92. The Balaban J connectivity index is 2.05. The summed E-state index contributed by atoms with van der Waals surface area (Å²) in [5, 5.41) is 10.3.